The third kappa shape index (κ3) is 4.69. The number of fused-ring (bicyclic) bond motifs is 1. The molecule has 1 aliphatic rings. The van der Waals surface area contributed by atoms with Crippen LogP contribution < -0.4 is 15.4 Å². The Bertz CT molecular complexity index is 1300. The highest BCUT2D eigenvalue weighted by atomic mass is 16.5. The third-order valence-corrected chi connectivity index (χ3v) is 6.19. The van der Waals surface area contributed by atoms with Gasteiger partial charge in [-0.25, -0.2) is 9.97 Å². The molecule has 0 aliphatic heterocycles. The summed E-state index contributed by atoms with van der Waals surface area (Å²) in [5.74, 6) is 1.79. The zero-order chi connectivity index (χ0) is 23.3. The van der Waals surface area contributed by atoms with Crippen LogP contribution in [0.2, 0.25) is 0 Å². The van der Waals surface area contributed by atoms with Crippen LogP contribution in [0.4, 0.5) is 11.5 Å². The van der Waals surface area contributed by atoms with Gasteiger partial charge in [0.15, 0.2) is 5.82 Å². The third-order valence-electron chi connectivity index (χ3n) is 6.19. The predicted molar refractivity (Wildman–Crippen MR) is 133 cm³/mol. The molecular weight excluding hydrogens is 426 g/mol. The molecule has 172 valence electrons. The van der Waals surface area contributed by atoms with Gasteiger partial charge < -0.3 is 15.4 Å². The number of ether oxygens (including phenoxy) is 1. The zero-order valence-corrected chi connectivity index (χ0v) is 19.1. The smallest absolute Gasteiger partial charge is 0.253 e. The second-order valence-corrected chi connectivity index (χ2v) is 8.50. The summed E-state index contributed by atoms with van der Waals surface area (Å²) in [6.07, 6.45) is 9.09. The molecule has 1 amide bonds. The number of nitrogens with zero attached hydrogens (tertiary/aromatic N) is 3. The van der Waals surface area contributed by atoms with E-state index in [1.165, 1.54) is 6.42 Å². The maximum atomic E-state index is 13.2. The molecule has 34 heavy (non-hydrogen) atoms. The van der Waals surface area contributed by atoms with Gasteiger partial charge in [0.2, 0.25) is 0 Å². The van der Waals surface area contributed by atoms with Gasteiger partial charge in [-0.05, 0) is 55.3 Å². The van der Waals surface area contributed by atoms with E-state index in [0.717, 1.165) is 42.1 Å². The van der Waals surface area contributed by atoms with Crippen LogP contribution in [0, 0.1) is 0 Å². The first-order valence-electron chi connectivity index (χ1n) is 11.6. The molecule has 7 nitrogen and oxygen atoms in total. The molecule has 2 heterocycles. The quantitative estimate of drug-likeness (QED) is 0.400. The van der Waals surface area contributed by atoms with Crippen molar-refractivity contribution < 1.29 is 9.53 Å². The minimum atomic E-state index is -0.0709. The second kappa shape index (κ2) is 9.87. The Balaban J connectivity index is 1.54. The molecule has 0 spiro atoms. The van der Waals surface area contributed by atoms with Crippen molar-refractivity contribution in [1.82, 2.24) is 20.3 Å². The van der Waals surface area contributed by atoms with Crippen molar-refractivity contribution in [2.24, 2.45) is 0 Å². The molecule has 2 N–H and O–H groups in total. The van der Waals surface area contributed by atoms with Crippen LogP contribution in [0.5, 0.6) is 5.75 Å². The normalized spacial score (nSPS) is 14.0. The number of methoxy groups -OCH3 is 1. The van der Waals surface area contributed by atoms with E-state index in [2.05, 4.69) is 15.6 Å². The van der Waals surface area contributed by atoms with E-state index in [-0.39, 0.29) is 11.9 Å². The van der Waals surface area contributed by atoms with Gasteiger partial charge in [-0.2, -0.15) is 0 Å². The first kappa shape index (κ1) is 21.8. The summed E-state index contributed by atoms with van der Waals surface area (Å²) in [4.78, 5) is 26.9. The number of carbonyl (C=O) groups is 1. The number of benzene rings is 2. The highest BCUT2D eigenvalue weighted by molar-refractivity contribution is 6.02. The number of aromatic nitrogens is 3. The summed E-state index contributed by atoms with van der Waals surface area (Å²) in [7, 11) is 1.63. The molecule has 2 aromatic carbocycles. The lowest BCUT2D eigenvalue weighted by Gasteiger charge is -2.23. The Morgan fingerprint density at radius 2 is 1.85 bits per heavy atom. The van der Waals surface area contributed by atoms with Gasteiger partial charge in [0, 0.05) is 29.4 Å². The van der Waals surface area contributed by atoms with Crippen LogP contribution in [-0.4, -0.2) is 34.0 Å². The molecule has 2 aromatic heterocycles. The molecule has 0 radical (unpaired) electrons. The number of pyridine rings is 1. The summed E-state index contributed by atoms with van der Waals surface area (Å²) < 4.78 is 5.43. The minimum absolute atomic E-state index is 0.0709. The minimum Gasteiger partial charge on any atom is -0.497 e. The monoisotopic (exact) mass is 453 g/mol. The highest BCUT2D eigenvalue weighted by Crippen LogP contribution is 2.31. The number of para-hydroxylation sites is 1. The van der Waals surface area contributed by atoms with E-state index < -0.39 is 0 Å². The summed E-state index contributed by atoms with van der Waals surface area (Å²) >= 11 is 0. The number of amides is 1. The Morgan fingerprint density at radius 3 is 2.65 bits per heavy atom. The number of nitrogens with one attached hydrogen (secondary N) is 2. The summed E-state index contributed by atoms with van der Waals surface area (Å²) in [5.41, 5.74) is 2.86. The zero-order valence-electron chi connectivity index (χ0n) is 19.1. The molecule has 5 rings (SSSR count). The molecule has 7 heteroatoms. The van der Waals surface area contributed by atoms with Crippen LogP contribution in [0.3, 0.4) is 0 Å². The van der Waals surface area contributed by atoms with E-state index in [0.29, 0.717) is 28.6 Å². The van der Waals surface area contributed by atoms with Crippen LogP contribution in [0.25, 0.3) is 22.3 Å². The maximum absolute atomic E-state index is 13.2. The first-order chi connectivity index (χ1) is 16.7. The Kier molecular flexibility index (Phi) is 6.33. The van der Waals surface area contributed by atoms with Crippen molar-refractivity contribution in [3.63, 3.8) is 0 Å². The standard InChI is InChI=1S/C27H27N5O2/c1-34-20-13-14-24-22(16-20)26(32-25(30-24)18-8-7-15-28-17-18)31-23-12-6-5-11-21(23)27(33)29-19-9-3-2-4-10-19/h5-8,11-17,19H,2-4,9-10H2,1H3,(H,29,33)(H,30,31,32). The highest BCUT2D eigenvalue weighted by Gasteiger charge is 2.19. The van der Waals surface area contributed by atoms with Gasteiger partial charge in [-0.15, -0.1) is 0 Å². The lowest BCUT2D eigenvalue weighted by Crippen LogP contribution is -2.36. The molecule has 0 atom stereocenters. The average Bonchev–Trinajstić information content (AvgIpc) is 2.89. The van der Waals surface area contributed by atoms with E-state index >= 15 is 0 Å². The van der Waals surface area contributed by atoms with Gasteiger partial charge in [-0.1, -0.05) is 31.4 Å². The van der Waals surface area contributed by atoms with Crippen molar-refractivity contribution in [2.45, 2.75) is 38.1 Å². The second-order valence-electron chi connectivity index (χ2n) is 8.50. The lowest BCUT2D eigenvalue weighted by atomic mass is 9.95. The van der Waals surface area contributed by atoms with E-state index in [4.69, 9.17) is 14.7 Å². The Labute approximate surface area is 198 Å². The largest absolute Gasteiger partial charge is 0.497 e. The fourth-order valence-electron chi connectivity index (χ4n) is 4.38. The van der Waals surface area contributed by atoms with Crippen molar-refractivity contribution in [3.05, 3.63) is 72.6 Å². The van der Waals surface area contributed by atoms with Gasteiger partial charge in [0.25, 0.3) is 5.91 Å². The van der Waals surface area contributed by atoms with Crippen LogP contribution in [0.15, 0.2) is 67.0 Å². The summed E-state index contributed by atoms with van der Waals surface area (Å²) in [6, 6.07) is 17.2. The van der Waals surface area contributed by atoms with E-state index in [1.807, 2.05) is 54.6 Å². The van der Waals surface area contributed by atoms with E-state index in [9.17, 15) is 4.79 Å². The van der Waals surface area contributed by atoms with Crippen molar-refractivity contribution in [1.29, 1.82) is 0 Å². The molecule has 0 unspecified atom stereocenters. The van der Waals surface area contributed by atoms with Crippen LogP contribution in [0.1, 0.15) is 42.5 Å². The summed E-state index contributed by atoms with van der Waals surface area (Å²) in [5, 5.41) is 7.42. The Hall–Kier alpha value is -4.00. The molecule has 1 aliphatic carbocycles. The Morgan fingerprint density at radius 1 is 1.00 bits per heavy atom. The number of anilines is 2. The van der Waals surface area contributed by atoms with Gasteiger partial charge in [0.1, 0.15) is 11.6 Å². The maximum Gasteiger partial charge on any atom is 0.253 e. The number of rotatable bonds is 6. The van der Waals surface area contributed by atoms with Crippen molar-refractivity contribution in [2.75, 3.05) is 12.4 Å². The fraction of sp³-hybridized carbons (Fsp3) is 0.259. The van der Waals surface area contributed by atoms with Gasteiger partial charge in [0.05, 0.1) is 23.9 Å². The molecule has 0 saturated heterocycles. The molecular formula is C27H27N5O2. The van der Waals surface area contributed by atoms with Crippen LogP contribution >= 0.6 is 0 Å². The molecule has 4 aromatic rings. The lowest BCUT2D eigenvalue weighted by molar-refractivity contribution is 0.0928. The number of hydrogen-bond acceptors (Lipinski definition) is 6. The number of carbonyl (C=O) groups excluding carboxylic acids is 1. The van der Waals surface area contributed by atoms with Gasteiger partial charge >= 0.3 is 0 Å². The number of hydrogen-bond donors (Lipinski definition) is 2. The van der Waals surface area contributed by atoms with Gasteiger partial charge in [-0.3, -0.25) is 9.78 Å². The molecule has 1 fully saturated rings. The van der Waals surface area contributed by atoms with Crippen molar-refractivity contribution in [3.8, 4) is 17.1 Å². The fourth-order valence-corrected chi connectivity index (χ4v) is 4.38. The van der Waals surface area contributed by atoms with E-state index in [1.54, 1.807) is 19.5 Å². The topological polar surface area (TPSA) is 89.0 Å². The first-order valence-corrected chi connectivity index (χ1v) is 11.6. The summed E-state index contributed by atoms with van der Waals surface area (Å²) in [6.45, 7) is 0. The predicted octanol–water partition coefficient (Wildman–Crippen LogP) is 5.51. The van der Waals surface area contributed by atoms with Crippen molar-refractivity contribution >= 4 is 28.3 Å². The SMILES string of the molecule is COc1ccc2nc(-c3cccnc3)nc(Nc3ccccc3C(=O)NC3CCCCC3)c2c1. The molecule has 0 bridgehead atoms. The molecule has 1 saturated carbocycles. The average molecular weight is 454 g/mol. The van der Waals surface area contributed by atoms with Crippen LogP contribution in [-0.2, 0) is 0 Å².